The number of hydrogen-bond acceptors (Lipinski definition) is 6. The summed E-state index contributed by atoms with van der Waals surface area (Å²) in [5.74, 6) is -1.94. The summed E-state index contributed by atoms with van der Waals surface area (Å²) in [5.41, 5.74) is 3.21. The van der Waals surface area contributed by atoms with E-state index in [0.29, 0.717) is 21.4 Å². The van der Waals surface area contributed by atoms with Gasteiger partial charge in [0.2, 0.25) is 5.91 Å². The van der Waals surface area contributed by atoms with Gasteiger partial charge in [-0.2, -0.15) is 0 Å². The number of carbonyl (C=O) groups excluding carboxylic acids is 3. The zero-order valence-electron chi connectivity index (χ0n) is 26.2. The van der Waals surface area contributed by atoms with Crippen LogP contribution in [0, 0.1) is 5.82 Å². The average Bonchev–Trinajstić information content (AvgIpc) is 3.61. The van der Waals surface area contributed by atoms with Crippen molar-refractivity contribution in [2.45, 2.75) is 10.1 Å². The van der Waals surface area contributed by atoms with Crippen molar-refractivity contribution in [1.82, 2.24) is 10.3 Å². The van der Waals surface area contributed by atoms with E-state index >= 15 is 0 Å². The van der Waals surface area contributed by atoms with E-state index in [0.717, 1.165) is 21.7 Å². The second-order valence-corrected chi connectivity index (χ2v) is 13.3. The summed E-state index contributed by atoms with van der Waals surface area (Å²) < 4.78 is 14.5. The Morgan fingerprint density at radius 2 is 1.44 bits per heavy atom. The van der Waals surface area contributed by atoms with E-state index in [1.165, 1.54) is 47.4 Å². The molecule has 0 aliphatic rings. The predicted octanol–water partition coefficient (Wildman–Crippen LogP) is 9.48. The van der Waals surface area contributed by atoms with E-state index in [1.54, 1.807) is 72.8 Å². The van der Waals surface area contributed by atoms with Gasteiger partial charge in [0.1, 0.15) is 16.8 Å². The summed E-state index contributed by atoms with van der Waals surface area (Å²) >= 11 is 8.70. The smallest absolute Gasteiger partial charge is 0.272 e. The van der Waals surface area contributed by atoms with Gasteiger partial charge in [-0.15, -0.1) is 23.1 Å². The largest absolute Gasteiger partial charge is 0.321 e. The highest BCUT2D eigenvalue weighted by molar-refractivity contribution is 8.00. The fourth-order valence-electron chi connectivity index (χ4n) is 4.80. The van der Waals surface area contributed by atoms with Gasteiger partial charge in [0.05, 0.1) is 5.69 Å². The third-order valence-electron chi connectivity index (χ3n) is 7.31. The molecule has 1 unspecified atom stereocenters. The molecule has 248 valence electrons. The van der Waals surface area contributed by atoms with Crippen LogP contribution < -0.4 is 16.0 Å². The highest BCUT2D eigenvalue weighted by Crippen LogP contribution is 2.37. The van der Waals surface area contributed by atoms with Crippen LogP contribution >= 0.6 is 34.7 Å². The standard InChI is InChI=1S/C39H28ClFN4O3S2/c40-29-17-15-25(16-18-29)34-24-49-39(44-34)45-38(48)35(26-9-3-1-4-10-26)50-31-21-19-30(20-22-31)42-37(47)33(23-28-13-7-8-14-32(28)41)43-36(46)27-11-5-2-6-12-27/h1-24,35H,(H,42,47)(H,43,46)(H,44,45,48)/b33-23-. The fourth-order valence-corrected chi connectivity index (χ4v) is 6.67. The van der Waals surface area contributed by atoms with E-state index in [4.69, 9.17) is 11.6 Å². The number of halogens is 2. The van der Waals surface area contributed by atoms with Crippen LogP contribution in [-0.2, 0) is 9.59 Å². The van der Waals surface area contributed by atoms with Crippen molar-refractivity contribution >= 4 is 69.3 Å². The number of thioether (sulfide) groups is 1. The number of aromatic nitrogens is 1. The first-order valence-corrected chi connectivity index (χ1v) is 17.4. The summed E-state index contributed by atoms with van der Waals surface area (Å²) in [4.78, 5) is 45.4. The Kier molecular flexibility index (Phi) is 11.1. The molecule has 0 radical (unpaired) electrons. The first-order chi connectivity index (χ1) is 24.3. The zero-order valence-corrected chi connectivity index (χ0v) is 28.6. The predicted molar refractivity (Wildman–Crippen MR) is 200 cm³/mol. The van der Waals surface area contributed by atoms with Crippen LogP contribution in [0.4, 0.5) is 15.2 Å². The molecule has 1 heterocycles. The minimum absolute atomic E-state index is 0.135. The Labute approximate surface area is 301 Å². The summed E-state index contributed by atoms with van der Waals surface area (Å²) in [6.45, 7) is 0. The van der Waals surface area contributed by atoms with Gasteiger partial charge in [0.15, 0.2) is 5.13 Å². The molecule has 5 aromatic carbocycles. The van der Waals surface area contributed by atoms with Crippen molar-refractivity contribution < 1.29 is 18.8 Å². The molecule has 0 saturated heterocycles. The number of hydrogen-bond donors (Lipinski definition) is 3. The zero-order chi connectivity index (χ0) is 34.9. The molecule has 7 nitrogen and oxygen atoms in total. The minimum atomic E-state index is -0.638. The Morgan fingerprint density at radius 1 is 0.780 bits per heavy atom. The van der Waals surface area contributed by atoms with Gasteiger partial charge in [0.25, 0.3) is 11.8 Å². The third-order valence-corrected chi connectivity index (χ3v) is 9.59. The number of nitrogens with one attached hydrogen (secondary N) is 3. The molecule has 0 bridgehead atoms. The number of anilines is 2. The molecule has 6 rings (SSSR count). The Bertz CT molecular complexity index is 2140. The lowest BCUT2D eigenvalue weighted by Gasteiger charge is -2.17. The van der Waals surface area contributed by atoms with Crippen molar-refractivity contribution in [3.8, 4) is 11.3 Å². The van der Waals surface area contributed by atoms with Crippen LogP contribution in [0.2, 0.25) is 5.02 Å². The molecule has 50 heavy (non-hydrogen) atoms. The van der Waals surface area contributed by atoms with Gasteiger partial charge in [0, 0.05) is 37.7 Å². The quantitative estimate of drug-likeness (QED) is 0.0916. The highest BCUT2D eigenvalue weighted by atomic mass is 35.5. The Hall–Kier alpha value is -5.55. The van der Waals surface area contributed by atoms with E-state index < -0.39 is 22.9 Å². The highest BCUT2D eigenvalue weighted by Gasteiger charge is 2.24. The molecule has 1 atom stereocenters. The molecule has 11 heteroatoms. The molecule has 1 aromatic heterocycles. The first-order valence-electron chi connectivity index (χ1n) is 15.3. The summed E-state index contributed by atoms with van der Waals surface area (Å²) in [7, 11) is 0. The molecule has 0 aliphatic carbocycles. The van der Waals surface area contributed by atoms with Gasteiger partial charge in [-0.25, -0.2) is 9.37 Å². The fraction of sp³-hybridized carbons (Fsp3) is 0.0256. The minimum Gasteiger partial charge on any atom is -0.321 e. The molecule has 6 aromatic rings. The topological polar surface area (TPSA) is 100 Å². The molecular formula is C39H28ClFN4O3S2. The molecular weight excluding hydrogens is 691 g/mol. The number of carbonyl (C=O) groups is 3. The number of amides is 3. The van der Waals surface area contributed by atoms with Crippen LogP contribution in [0.25, 0.3) is 17.3 Å². The van der Waals surface area contributed by atoms with Crippen molar-refractivity contribution in [1.29, 1.82) is 0 Å². The van der Waals surface area contributed by atoms with Crippen molar-refractivity contribution in [2.24, 2.45) is 0 Å². The molecule has 0 aliphatic heterocycles. The van der Waals surface area contributed by atoms with Gasteiger partial charge < -0.3 is 16.0 Å². The second-order valence-electron chi connectivity index (χ2n) is 10.8. The SMILES string of the molecule is O=C(Nc1ccc(SC(C(=O)Nc2nc(-c3ccc(Cl)cc3)cs2)c2ccccc2)cc1)/C(=C/c1ccccc1F)NC(=O)c1ccccc1. The summed E-state index contributed by atoms with van der Waals surface area (Å²) in [6, 6.07) is 38.1. The molecule has 3 N–H and O–H groups in total. The maximum absolute atomic E-state index is 14.5. The lowest BCUT2D eigenvalue weighted by Crippen LogP contribution is -2.30. The van der Waals surface area contributed by atoms with Gasteiger partial charge in [-0.1, -0.05) is 90.5 Å². The number of benzene rings is 5. The average molecular weight is 719 g/mol. The van der Waals surface area contributed by atoms with Crippen LogP contribution in [0.15, 0.2) is 149 Å². The van der Waals surface area contributed by atoms with E-state index in [2.05, 4.69) is 20.9 Å². The van der Waals surface area contributed by atoms with Crippen LogP contribution in [0.1, 0.15) is 26.7 Å². The van der Waals surface area contributed by atoms with E-state index in [9.17, 15) is 18.8 Å². The summed E-state index contributed by atoms with van der Waals surface area (Å²) in [5, 5.41) is 10.7. The van der Waals surface area contributed by atoms with E-state index in [-0.39, 0.29) is 17.2 Å². The van der Waals surface area contributed by atoms with Crippen molar-refractivity contribution in [3.05, 3.63) is 172 Å². The molecule has 3 amide bonds. The summed E-state index contributed by atoms with van der Waals surface area (Å²) in [6.07, 6.45) is 1.29. The van der Waals surface area contributed by atoms with Crippen molar-refractivity contribution in [2.75, 3.05) is 10.6 Å². The third kappa shape index (κ3) is 8.91. The van der Waals surface area contributed by atoms with Crippen LogP contribution in [0.3, 0.4) is 0 Å². The molecule has 0 spiro atoms. The Balaban J connectivity index is 1.17. The maximum atomic E-state index is 14.5. The maximum Gasteiger partial charge on any atom is 0.272 e. The van der Waals surface area contributed by atoms with Crippen molar-refractivity contribution in [3.63, 3.8) is 0 Å². The van der Waals surface area contributed by atoms with Gasteiger partial charge in [-0.3, -0.25) is 14.4 Å². The number of thiazole rings is 1. The lowest BCUT2D eigenvalue weighted by atomic mass is 10.1. The molecule has 0 saturated carbocycles. The van der Waals surface area contributed by atoms with Crippen LogP contribution in [0.5, 0.6) is 0 Å². The van der Waals surface area contributed by atoms with Gasteiger partial charge in [-0.05, 0) is 66.2 Å². The second kappa shape index (κ2) is 16.2. The monoisotopic (exact) mass is 718 g/mol. The Morgan fingerprint density at radius 3 is 2.14 bits per heavy atom. The van der Waals surface area contributed by atoms with Crippen LogP contribution in [-0.4, -0.2) is 22.7 Å². The normalized spacial score (nSPS) is 11.8. The number of nitrogens with zero attached hydrogens (tertiary/aromatic N) is 1. The lowest BCUT2D eigenvalue weighted by molar-refractivity contribution is -0.116. The first kappa shape index (κ1) is 34.3. The number of rotatable bonds is 11. The van der Waals surface area contributed by atoms with E-state index in [1.807, 2.05) is 47.8 Å². The van der Waals surface area contributed by atoms with Gasteiger partial charge >= 0.3 is 0 Å². The molecule has 0 fully saturated rings.